The number of carbonyl (C=O) groups is 2. The van der Waals surface area contributed by atoms with E-state index in [1.807, 2.05) is 58.0 Å². The van der Waals surface area contributed by atoms with Crippen molar-refractivity contribution in [1.82, 2.24) is 4.90 Å². The van der Waals surface area contributed by atoms with Crippen molar-refractivity contribution in [2.75, 3.05) is 11.9 Å². The van der Waals surface area contributed by atoms with Gasteiger partial charge in [0.25, 0.3) is 0 Å². The highest BCUT2D eigenvalue weighted by Gasteiger charge is 2.38. The number of hydrogen-bond donors (Lipinski definition) is 1. The number of amidine groups is 1. The Morgan fingerprint density at radius 3 is 2.45 bits per heavy atom. The summed E-state index contributed by atoms with van der Waals surface area (Å²) in [5, 5.41) is 3.21. The van der Waals surface area contributed by atoms with Crippen LogP contribution in [0.2, 0.25) is 0 Å². The van der Waals surface area contributed by atoms with E-state index in [0.29, 0.717) is 11.7 Å². The SMILES string of the molecule is CCCCN1C(=O)C(CC(=O)Nc2cc(C)ccc2C)SC1=Nc1cc(C)cc(C)c1. The van der Waals surface area contributed by atoms with Gasteiger partial charge >= 0.3 is 0 Å². The number of benzene rings is 2. The largest absolute Gasteiger partial charge is 0.326 e. The van der Waals surface area contributed by atoms with Crippen LogP contribution in [0.5, 0.6) is 0 Å². The van der Waals surface area contributed by atoms with E-state index in [1.165, 1.54) is 11.8 Å². The zero-order valence-electron chi connectivity index (χ0n) is 19.0. The fourth-order valence-corrected chi connectivity index (χ4v) is 4.80. The Kier molecular flexibility index (Phi) is 7.55. The maximum atomic E-state index is 13.1. The molecule has 0 aliphatic carbocycles. The summed E-state index contributed by atoms with van der Waals surface area (Å²) in [4.78, 5) is 32.4. The van der Waals surface area contributed by atoms with E-state index in [2.05, 4.69) is 18.3 Å². The minimum absolute atomic E-state index is 0.0299. The van der Waals surface area contributed by atoms with E-state index in [1.54, 1.807) is 4.90 Å². The lowest BCUT2D eigenvalue weighted by Crippen LogP contribution is -2.34. The molecule has 2 aromatic carbocycles. The van der Waals surface area contributed by atoms with E-state index >= 15 is 0 Å². The summed E-state index contributed by atoms with van der Waals surface area (Å²) in [6.45, 7) is 10.8. The van der Waals surface area contributed by atoms with Gasteiger partial charge < -0.3 is 5.32 Å². The summed E-state index contributed by atoms with van der Waals surface area (Å²) < 4.78 is 0. The van der Waals surface area contributed by atoms with E-state index < -0.39 is 5.25 Å². The van der Waals surface area contributed by atoms with Gasteiger partial charge in [0.15, 0.2) is 5.17 Å². The summed E-state index contributed by atoms with van der Waals surface area (Å²) in [6.07, 6.45) is 2.02. The van der Waals surface area contributed by atoms with Gasteiger partial charge in [-0.3, -0.25) is 14.5 Å². The molecule has 1 unspecified atom stereocenters. The van der Waals surface area contributed by atoms with Crippen LogP contribution in [-0.2, 0) is 9.59 Å². The Hall–Kier alpha value is -2.60. The molecule has 1 aliphatic heterocycles. The molecule has 1 atom stereocenters. The third kappa shape index (κ3) is 5.97. The number of anilines is 1. The highest BCUT2D eigenvalue weighted by atomic mass is 32.2. The Balaban J connectivity index is 1.78. The lowest BCUT2D eigenvalue weighted by molar-refractivity contribution is -0.128. The van der Waals surface area contributed by atoms with Crippen LogP contribution < -0.4 is 5.32 Å². The van der Waals surface area contributed by atoms with Crippen LogP contribution in [0.4, 0.5) is 11.4 Å². The number of thioether (sulfide) groups is 1. The third-order valence-electron chi connectivity index (χ3n) is 5.22. The predicted octanol–water partition coefficient (Wildman–Crippen LogP) is 5.68. The van der Waals surface area contributed by atoms with Crippen LogP contribution in [-0.4, -0.2) is 33.7 Å². The van der Waals surface area contributed by atoms with Crippen molar-refractivity contribution in [2.45, 2.75) is 59.1 Å². The monoisotopic (exact) mass is 437 g/mol. The molecule has 1 N–H and O–H groups in total. The molecule has 2 aromatic rings. The number of nitrogens with one attached hydrogen (secondary N) is 1. The predicted molar refractivity (Wildman–Crippen MR) is 130 cm³/mol. The van der Waals surface area contributed by atoms with E-state index in [4.69, 9.17) is 4.99 Å². The Bertz CT molecular complexity index is 996. The number of amides is 2. The van der Waals surface area contributed by atoms with Crippen LogP contribution in [0.3, 0.4) is 0 Å². The second-order valence-corrected chi connectivity index (χ2v) is 9.43. The second-order valence-electron chi connectivity index (χ2n) is 8.26. The number of rotatable bonds is 7. The molecule has 1 fully saturated rings. The van der Waals surface area contributed by atoms with Crippen molar-refractivity contribution < 1.29 is 9.59 Å². The molecule has 0 bridgehead atoms. The summed E-state index contributed by atoms with van der Waals surface area (Å²) in [5.41, 5.74) is 6.01. The zero-order chi connectivity index (χ0) is 22.5. The minimum atomic E-state index is -0.452. The molecular formula is C25H31N3O2S. The Morgan fingerprint density at radius 1 is 1.06 bits per heavy atom. The second kappa shape index (κ2) is 10.1. The molecule has 5 nitrogen and oxygen atoms in total. The first-order chi connectivity index (χ1) is 14.8. The fourth-order valence-electron chi connectivity index (χ4n) is 3.61. The van der Waals surface area contributed by atoms with Gasteiger partial charge in [-0.1, -0.05) is 43.3 Å². The molecule has 1 saturated heterocycles. The number of aryl methyl sites for hydroxylation is 4. The van der Waals surface area contributed by atoms with Gasteiger partial charge in [-0.05, 0) is 74.6 Å². The molecule has 31 heavy (non-hydrogen) atoms. The maximum absolute atomic E-state index is 13.1. The maximum Gasteiger partial charge on any atom is 0.242 e. The quantitative estimate of drug-likeness (QED) is 0.606. The van der Waals surface area contributed by atoms with E-state index in [0.717, 1.165) is 46.5 Å². The van der Waals surface area contributed by atoms with Gasteiger partial charge in [0.2, 0.25) is 11.8 Å². The highest BCUT2D eigenvalue weighted by Crippen LogP contribution is 2.32. The van der Waals surface area contributed by atoms with Gasteiger partial charge in [-0.15, -0.1) is 0 Å². The lowest BCUT2D eigenvalue weighted by Gasteiger charge is -2.16. The van der Waals surface area contributed by atoms with E-state index in [-0.39, 0.29) is 18.2 Å². The molecule has 1 heterocycles. The first-order valence-electron chi connectivity index (χ1n) is 10.8. The fraction of sp³-hybridized carbons (Fsp3) is 0.400. The molecule has 0 aromatic heterocycles. The zero-order valence-corrected chi connectivity index (χ0v) is 19.8. The normalized spacial score (nSPS) is 17.5. The van der Waals surface area contributed by atoms with Crippen molar-refractivity contribution in [3.63, 3.8) is 0 Å². The van der Waals surface area contributed by atoms with Crippen LogP contribution in [0.15, 0.2) is 41.4 Å². The molecule has 0 spiro atoms. The van der Waals surface area contributed by atoms with Gasteiger partial charge in [-0.2, -0.15) is 0 Å². The van der Waals surface area contributed by atoms with Gasteiger partial charge in [0.1, 0.15) is 5.25 Å². The number of aliphatic imine (C=N–C) groups is 1. The summed E-state index contributed by atoms with van der Waals surface area (Å²) >= 11 is 1.40. The van der Waals surface area contributed by atoms with Crippen molar-refractivity contribution in [1.29, 1.82) is 0 Å². The standard InChI is InChI=1S/C25H31N3O2S/c1-6-7-10-28-24(30)22(15-23(29)27-21-14-16(2)8-9-19(21)5)31-25(28)26-20-12-17(3)11-18(4)13-20/h8-9,11-14,22H,6-7,10,15H2,1-5H3,(H,27,29). The topological polar surface area (TPSA) is 61.8 Å². The van der Waals surface area contributed by atoms with Gasteiger partial charge in [-0.25, -0.2) is 4.99 Å². The average molecular weight is 438 g/mol. The average Bonchev–Trinajstić information content (AvgIpc) is 2.96. The summed E-state index contributed by atoms with van der Waals surface area (Å²) in [6, 6.07) is 12.1. The van der Waals surface area contributed by atoms with Crippen molar-refractivity contribution >= 4 is 40.1 Å². The molecule has 164 valence electrons. The molecule has 0 saturated carbocycles. The Morgan fingerprint density at radius 2 is 1.77 bits per heavy atom. The molecule has 1 aliphatic rings. The number of unbranched alkanes of at least 4 members (excludes halogenated alkanes) is 1. The Labute approximate surface area is 189 Å². The van der Waals surface area contributed by atoms with Crippen molar-refractivity contribution in [3.05, 3.63) is 58.7 Å². The van der Waals surface area contributed by atoms with Gasteiger partial charge in [0, 0.05) is 18.7 Å². The van der Waals surface area contributed by atoms with Crippen molar-refractivity contribution in [2.24, 2.45) is 4.99 Å². The summed E-state index contributed by atoms with van der Waals surface area (Å²) in [5.74, 6) is -0.180. The number of carbonyl (C=O) groups excluding carboxylic acids is 2. The third-order valence-corrected chi connectivity index (χ3v) is 6.40. The van der Waals surface area contributed by atoms with Gasteiger partial charge in [0.05, 0.1) is 5.69 Å². The lowest BCUT2D eigenvalue weighted by atomic mass is 10.1. The first-order valence-corrected chi connectivity index (χ1v) is 11.7. The van der Waals surface area contributed by atoms with Crippen LogP contribution in [0, 0.1) is 27.7 Å². The van der Waals surface area contributed by atoms with Crippen LogP contribution in [0.1, 0.15) is 48.4 Å². The number of hydrogen-bond acceptors (Lipinski definition) is 4. The molecule has 6 heteroatoms. The number of nitrogens with zero attached hydrogens (tertiary/aromatic N) is 2. The van der Waals surface area contributed by atoms with Crippen molar-refractivity contribution in [3.8, 4) is 0 Å². The van der Waals surface area contributed by atoms with E-state index in [9.17, 15) is 9.59 Å². The molecule has 2 amide bonds. The molecule has 3 rings (SSSR count). The summed E-state index contributed by atoms with van der Waals surface area (Å²) in [7, 11) is 0. The van der Waals surface area contributed by atoms with Crippen LogP contribution >= 0.6 is 11.8 Å². The first kappa shape index (κ1) is 23.1. The molecule has 0 radical (unpaired) electrons. The highest BCUT2D eigenvalue weighted by molar-refractivity contribution is 8.15. The smallest absolute Gasteiger partial charge is 0.242 e. The molecular weight excluding hydrogens is 406 g/mol. The minimum Gasteiger partial charge on any atom is -0.326 e. The van der Waals surface area contributed by atoms with Crippen LogP contribution in [0.25, 0.3) is 0 Å².